The second kappa shape index (κ2) is 26.4. The second-order valence-electron chi connectivity index (χ2n) is 21.0. The molecule has 22 heteroatoms. The summed E-state index contributed by atoms with van der Waals surface area (Å²) in [4.78, 5) is 56.1. The normalized spacial score (nSPS) is 15.4. The summed E-state index contributed by atoms with van der Waals surface area (Å²) in [7, 11) is 0.570. The van der Waals surface area contributed by atoms with Crippen molar-refractivity contribution >= 4 is 104 Å². The minimum atomic E-state index is -3.14. The monoisotopic (exact) mass is 1170 g/mol. The average Bonchev–Trinajstić information content (AvgIpc) is 3.86. The maximum absolute atomic E-state index is 13.9. The molecule has 0 saturated carbocycles. The van der Waals surface area contributed by atoms with Crippen molar-refractivity contribution in [2.75, 3.05) is 52.4 Å². The summed E-state index contributed by atoms with van der Waals surface area (Å²) in [5.74, 6) is 2.57. The summed E-state index contributed by atoms with van der Waals surface area (Å²) in [6.07, 6.45) is 10.1. The fraction of sp³-hybridized carbons (Fsp3) is 0.414. The zero-order valence-electron chi connectivity index (χ0n) is 45.9. The number of sulfonamides is 1. The molecular weight excluding hydrogens is 1100 g/mol. The predicted molar refractivity (Wildman–Crippen MR) is 318 cm³/mol. The van der Waals surface area contributed by atoms with Crippen LogP contribution < -0.4 is 36.4 Å². The molecular formula is C58H71Cl3N12O6S. The Bertz CT molecular complexity index is 3350. The number of fused-ring (bicyclic) bond motifs is 4. The second-order valence-corrected chi connectivity index (χ2v) is 24.1. The van der Waals surface area contributed by atoms with Crippen molar-refractivity contribution in [3.05, 3.63) is 140 Å². The first-order valence-electron chi connectivity index (χ1n) is 27.1. The number of carbonyl (C=O) groups excluding carboxylic acids is 4. The maximum Gasteiger partial charge on any atom is 0.258 e. The van der Waals surface area contributed by atoms with Crippen molar-refractivity contribution in [2.45, 2.75) is 98.3 Å². The van der Waals surface area contributed by atoms with E-state index in [1.54, 1.807) is 61.0 Å². The zero-order valence-corrected chi connectivity index (χ0v) is 49.1. The molecule has 4 aromatic carbocycles. The Hall–Kier alpha value is -6.48. The van der Waals surface area contributed by atoms with Gasteiger partial charge in [-0.1, -0.05) is 47.5 Å². The van der Waals surface area contributed by atoms with E-state index in [1.807, 2.05) is 82.5 Å². The number of aryl methyl sites for hydroxylation is 4. The molecule has 0 bridgehead atoms. The Labute approximate surface area is 484 Å². The summed E-state index contributed by atoms with van der Waals surface area (Å²) < 4.78 is 29.2. The van der Waals surface area contributed by atoms with Crippen LogP contribution in [0.1, 0.15) is 112 Å². The summed E-state index contributed by atoms with van der Waals surface area (Å²) in [6, 6.07) is 22.3. The van der Waals surface area contributed by atoms with Crippen LogP contribution in [0.5, 0.6) is 0 Å². The van der Waals surface area contributed by atoms with Gasteiger partial charge in [-0.3, -0.25) is 28.5 Å². The van der Waals surface area contributed by atoms with Crippen molar-refractivity contribution in [1.29, 1.82) is 0 Å². The molecule has 4 amide bonds. The van der Waals surface area contributed by atoms with Crippen molar-refractivity contribution < 1.29 is 27.6 Å². The lowest BCUT2D eigenvalue weighted by atomic mass is 9.93. The standard InChI is InChI=1S/C30H37ClN6O4S.C28H33ClN6O2.ClH/c1-4-42(40,41)36-13-11-21(12-14-36)6-10-28(38)32-17-22-5-8-25(20(2)15-22)30(39)37-19-23-18-33-35(3)29(23)34-26-16-24(31)7-9-27(26)37;1-18-13-20(15-31-26(36)8-4-19-9-11-30-12-10-19)3-6-23(18)28(37)35-17-21-16-32-34(2)27(21)33-24-14-22(29)5-7-25(24)35;/h5,7-9,15-16,18,21,34H,4,6,10-14,17,19H2,1-3H3,(H,32,38);3,5-7,13-14,16,19,30,33H,4,8-12,15,17H2,1-2H3,(H,31,36);1H. The van der Waals surface area contributed by atoms with Crippen LogP contribution in [0.2, 0.25) is 10.0 Å². The van der Waals surface area contributed by atoms with Gasteiger partial charge in [-0.05, 0) is 155 Å². The number of aromatic nitrogens is 4. The third kappa shape index (κ3) is 14.2. The molecule has 80 heavy (non-hydrogen) atoms. The molecule has 0 unspecified atom stereocenters. The number of anilines is 6. The lowest BCUT2D eigenvalue weighted by Crippen LogP contribution is -2.39. The molecule has 4 aliphatic rings. The molecule has 0 spiro atoms. The largest absolute Gasteiger partial charge is 0.352 e. The first-order valence-corrected chi connectivity index (χ1v) is 29.5. The summed E-state index contributed by atoms with van der Waals surface area (Å²) in [6.45, 7) is 10.2. The van der Waals surface area contributed by atoms with Gasteiger partial charge in [-0.25, -0.2) is 12.7 Å². The van der Waals surface area contributed by atoms with E-state index in [0.29, 0.717) is 85.1 Å². The third-order valence-electron chi connectivity index (χ3n) is 15.6. The van der Waals surface area contributed by atoms with Crippen molar-refractivity contribution in [3.8, 4) is 0 Å². The average molecular weight is 1170 g/mol. The van der Waals surface area contributed by atoms with Crippen LogP contribution in [-0.2, 0) is 59.9 Å². The van der Waals surface area contributed by atoms with E-state index in [4.69, 9.17) is 23.2 Å². The smallest absolute Gasteiger partial charge is 0.258 e. The molecule has 10 rings (SSSR count). The molecule has 18 nitrogen and oxygen atoms in total. The Balaban J connectivity index is 0.000000209. The summed E-state index contributed by atoms with van der Waals surface area (Å²) >= 11 is 12.5. The highest BCUT2D eigenvalue weighted by atomic mass is 35.5. The number of amides is 4. The third-order valence-corrected chi connectivity index (χ3v) is 17.9. The van der Waals surface area contributed by atoms with Gasteiger partial charge in [0.25, 0.3) is 11.8 Å². The summed E-state index contributed by atoms with van der Waals surface area (Å²) in [5, 5.41) is 26.0. The van der Waals surface area contributed by atoms with E-state index in [2.05, 4.69) is 36.8 Å². The minimum absolute atomic E-state index is 0. The highest BCUT2D eigenvalue weighted by molar-refractivity contribution is 7.89. The number of hydrogen-bond acceptors (Lipinski definition) is 11. The molecule has 0 atom stereocenters. The molecule has 426 valence electrons. The number of piperidine rings is 2. The van der Waals surface area contributed by atoms with Gasteiger partial charge >= 0.3 is 0 Å². The topological polar surface area (TPSA) is 208 Å². The van der Waals surface area contributed by atoms with E-state index in [1.165, 1.54) is 0 Å². The fourth-order valence-electron chi connectivity index (χ4n) is 10.9. The molecule has 2 aromatic heterocycles. The van der Waals surface area contributed by atoms with Gasteiger partial charge in [-0.15, -0.1) is 12.4 Å². The van der Waals surface area contributed by atoms with Crippen LogP contribution in [0.4, 0.5) is 34.4 Å². The molecule has 2 fully saturated rings. The number of benzene rings is 4. The predicted octanol–water partition coefficient (Wildman–Crippen LogP) is 9.85. The van der Waals surface area contributed by atoms with Crippen LogP contribution in [0, 0.1) is 25.7 Å². The molecule has 4 aliphatic heterocycles. The quantitative estimate of drug-likeness (QED) is 0.0694. The number of hydrogen-bond donors (Lipinski definition) is 5. The molecule has 6 aromatic rings. The van der Waals surface area contributed by atoms with E-state index in [9.17, 15) is 27.6 Å². The van der Waals surface area contributed by atoms with Crippen molar-refractivity contribution in [3.63, 3.8) is 0 Å². The van der Waals surface area contributed by atoms with Gasteiger partial charge in [0.05, 0.1) is 54.0 Å². The maximum atomic E-state index is 13.9. The molecule has 6 heterocycles. The highest BCUT2D eigenvalue weighted by Crippen LogP contribution is 2.40. The summed E-state index contributed by atoms with van der Waals surface area (Å²) in [5.41, 5.74) is 9.56. The number of nitrogens with one attached hydrogen (secondary N) is 5. The first-order chi connectivity index (χ1) is 37.9. The fourth-order valence-corrected chi connectivity index (χ4v) is 12.3. The van der Waals surface area contributed by atoms with Crippen LogP contribution in [-0.4, -0.2) is 87.8 Å². The van der Waals surface area contributed by atoms with Gasteiger partial charge in [0, 0.05) is 85.4 Å². The van der Waals surface area contributed by atoms with Gasteiger partial charge in [-0.2, -0.15) is 10.2 Å². The van der Waals surface area contributed by atoms with E-state index in [-0.39, 0.29) is 41.8 Å². The van der Waals surface area contributed by atoms with E-state index < -0.39 is 10.0 Å². The number of halogens is 3. The SMILES string of the molecule is CCS(=O)(=O)N1CCC(CCC(=O)NCc2ccc(C(=O)N3Cc4cnn(C)c4Nc4cc(Cl)ccc43)c(C)c2)CC1.Cc1cc(CNC(=O)CCC2CCNCC2)ccc1C(=O)N1Cc2cnn(C)c2Nc2cc(Cl)ccc21.Cl. The lowest BCUT2D eigenvalue weighted by Gasteiger charge is -2.30. The Morgan fingerprint density at radius 1 is 0.637 bits per heavy atom. The molecule has 0 aliphatic carbocycles. The highest BCUT2D eigenvalue weighted by Gasteiger charge is 2.31. The van der Waals surface area contributed by atoms with Crippen LogP contribution in [0.25, 0.3) is 0 Å². The van der Waals surface area contributed by atoms with Crippen molar-refractivity contribution in [1.82, 2.24) is 39.8 Å². The number of carbonyl (C=O) groups is 4. The number of rotatable bonds is 14. The van der Waals surface area contributed by atoms with Crippen LogP contribution in [0.15, 0.2) is 85.2 Å². The van der Waals surface area contributed by atoms with Crippen molar-refractivity contribution in [2.24, 2.45) is 25.9 Å². The van der Waals surface area contributed by atoms with Gasteiger partial charge < -0.3 is 36.4 Å². The first kappa shape index (κ1) is 59.6. The van der Waals surface area contributed by atoms with Crippen LogP contribution in [0.3, 0.4) is 0 Å². The van der Waals surface area contributed by atoms with Crippen LogP contribution >= 0.6 is 35.6 Å². The van der Waals surface area contributed by atoms with E-state index in [0.717, 1.165) is 119 Å². The number of nitrogens with zero attached hydrogens (tertiary/aromatic N) is 7. The Kier molecular flexibility index (Phi) is 19.7. The van der Waals surface area contributed by atoms with Gasteiger partial charge in [0.15, 0.2) is 0 Å². The Morgan fingerprint density at radius 3 is 1.50 bits per heavy atom. The minimum Gasteiger partial charge on any atom is -0.352 e. The zero-order chi connectivity index (χ0) is 56.0. The molecule has 2 saturated heterocycles. The van der Waals surface area contributed by atoms with Gasteiger partial charge in [0.2, 0.25) is 21.8 Å². The molecule has 5 N–H and O–H groups in total. The van der Waals surface area contributed by atoms with Gasteiger partial charge in [0.1, 0.15) is 11.6 Å². The van der Waals surface area contributed by atoms with E-state index >= 15 is 0 Å². The lowest BCUT2D eigenvalue weighted by molar-refractivity contribution is -0.122. The molecule has 0 radical (unpaired) electrons. The Morgan fingerprint density at radius 2 is 1.07 bits per heavy atom.